The normalized spacial score (nSPS) is 11.2. The van der Waals surface area contributed by atoms with Crippen molar-refractivity contribution in [2.24, 2.45) is 0 Å². The molecule has 0 spiro atoms. The van der Waals surface area contributed by atoms with E-state index in [1.165, 1.54) is 16.7 Å². The van der Waals surface area contributed by atoms with Crippen LogP contribution in [0.3, 0.4) is 0 Å². The summed E-state index contributed by atoms with van der Waals surface area (Å²) >= 11 is 5.99. The maximum Gasteiger partial charge on any atom is 0.310 e. The fourth-order valence-corrected chi connectivity index (χ4v) is 3.36. The quantitative estimate of drug-likeness (QED) is 0.645. The first-order valence-electron chi connectivity index (χ1n) is 8.71. The standard InChI is InChI=1S/C21H19ClFNO4/c1-11(2)28-20(26)9-15-12(3)24(18-10-17(23)19(25)8-16(15)18)21(27)13-5-4-6-14(22)7-13/h4-8,10-11,25H,9H2,1-3H3. The predicted molar refractivity (Wildman–Crippen MR) is 104 cm³/mol. The van der Waals surface area contributed by atoms with E-state index in [4.69, 9.17) is 16.3 Å². The molecule has 3 aromatic rings. The lowest BCUT2D eigenvalue weighted by molar-refractivity contribution is -0.146. The number of halogens is 2. The molecule has 5 nitrogen and oxygen atoms in total. The van der Waals surface area contributed by atoms with Crippen molar-refractivity contribution in [1.29, 1.82) is 0 Å². The van der Waals surface area contributed by atoms with Crippen LogP contribution in [0.5, 0.6) is 5.75 Å². The number of aromatic nitrogens is 1. The molecule has 0 saturated carbocycles. The third-order valence-electron chi connectivity index (χ3n) is 4.37. The maximum absolute atomic E-state index is 14.0. The lowest BCUT2D eigenvalue weighted by Gasteiger charge is -2.09. The molecule has 7 heteroatoms. The minimum atomic E-state index is -0.860. The number of hydrogen-bond donors (Lipinski definition) is 1. The summed E-state index contributed by atoms with van der Waals surface area (Å²) in [5.74, 6) is -2.31. The largest absolute Gasteiger partial charge is 0.505 e. The molecule has 0 atom stereocenters. The smallest absolute Gasteiger partial charge is 0.310 e. The van der Waals surface area contributed by atoms with Gasteiger partial charge in [-0.1, -0.05) is 17.7 Å². The second-order valence-electron chi connectivity index (χ2n) is 6.75. The van der Waals surface area contributed by atoms with Gasteiger partial charge in [0.15, 0.2) is 11.6 Å². The zero-order valence-corrected chi connectivity index (χ0v) is 16.4. The maximum atomic E-state index is 14.0. The van der Waals surface area contributed by atoms with Gasteiger partial charge in [-0.3, -0.25) is 14.2 Å². The van der Waals surface area contributed by atoms with Gasteiger partial charge in [0, 0.05) is 27.7 Å². The van der Waals surface area contributed by atoms with Crippen LogP contribution < -0.4 is 0 Å². The molecule has 1 heterocycles. The van der Waals surface area contributed by atoms with Crippen molar-refractivity contribution < 1.29 is 23.8 Å². The van der Waals surface area contributed by atoms with Gasteiger partial charge in [-0.05, 0) is 50.6 Å². The number of rotatable bonds is 4. The molecule has 0 amide bonds. The molecule has 0 saturated heterocycles. The zero-order valence-electron chi connectivity index (χ0n) is 15.6. The van der Waals surface area contributed by atoms with Gasteiger partial charge in [-0.2, -0.15) is 0 Å². The second-order valence-corrected chi connectivity index (χ2v) is 7.19. The molecule has 0 bridgehead atoms. The molecule has 1 aromatic heterocycles. The Morgan fingerprint density at radius 3 is 2.61 bits per heavy atom. The lowest BCUT2D eigenvalue weighted by atomic mass is 10.1. The zero-order chi connectivity index (χ0) is 20.6. The summed E-state index contributed by atoms with van der Waals surface area (Å²) in [7, 11) is 0. The molecule has 0 aliphatic heterocycles. The van der Waals surface area contributed by atoms with Gasteiger partial charge in [0.05, 0.1) is 18.0 Å². The molecule has 1 N–H and O–H groups in total. The molecule has 28 heavy (non-hydrogen) atoms. The van der Waals surface area contributed by atoms with Gasteiger partial charge >= 0.3 is 5.97 Å². The Morgan fingerprint density at radius 1 is 1.25 bits per heavy atom. The van der Waals surface area contributed by atoms with Crippen LogP contribution in [0.25, 0.3) is 10.9 Å². The van der Waals surface area contributed by atoms with Gasteiger partial charge < -0.3 is 9.84 Å². The topological polar surface area (TPSA) is 68.5 Å². The number of ether oxygens (including phenoxy) is 1. The highest BCUT2D eigenvalue weighted by Gasteiger charge is 2.24. The Kier molecular flexibility index (Phi) is 5.42. The molecule has 0 fully saturated rings. The van der Waals surface area contributed by atoms with Gasteiger partial charge in [-0.25, -0.2) is 4.39 Å². The minimum Gasteiger partial charge on any atom is -0.505 e. The number of phenols is 1. The Morgan fingerprint density at radius 2 is 1.96 bits per heavy atom. The first kappa shape index (κ1) is 19.9. The third-order valence-corrected chi connectivity index (χ3v) is 4.60. The van der Waals surface area contributed by atoms with Gasteiger partial charge in [0.1, 0.15) is 0 Å². The first-order chi connectivity index (χ1) is 13.2. The number of fused-ring (bicyclic) bond motifs is 1. The van der Waals surface area contributed by atoms with Crippen LogP contribution in [0.4, 0.5) is 4.39 Å². The monoisotopic (exact) mass is 403 g/mol. The molecule has 3 rings (SSSR count). The number of esters is 1. The van der Waals surface area contributed by atoms with Crippen molar-refractivity contribution in [1.82, 2.24) is 4.57 Å². The fraction of sp³-hybridized carbons (Fsp3) is 0.238. The number of benzene rings is 2. The summed E-state index contributed by atoms with van der Waals surface area (Å²) < 4.78 is 20.6. The third kappa shape index (κ3) is 3.73. The van der Waals surface area contributed by atoms with E-state index in [1.54, 1.807) is 39.0 Å². The number of carbonyl (C=O) groups is 2. The average Bonchev–Trinajstić information content (AvgIpc) is 2.85. The summed E-state index contributed by atoms with van der Waals surface area (Å²) in [6.45, 7) is 5.13. The van der Waals surface area contributed by atoms with E-state index in [0.717, 1.165) is 6.07 Å². The van der Waals surface area contributed by atoms with E-state index < -0.39 is 23.4 Å². The number of hydrogen-bond acceptors (Lipinski definition) is 4. The Hall–Kier alpha value is -2.86. The molecule has 0 radical (unpaired) electrons. The fourth-order valence-electron chi connectivity index (χ4n) is 3.17. The van der Waals surface area contributed by atoms with Crippen molar-refractivity contribution in [2.75, 3.05) is 0 Å². The summed E-state index contributed by atoms with van der Waals surface area (Å²) in [4.78, 5) is 25.3. The van der Waals surface area contributed by atoms with Crippen LogP contribution in [0.2, 0.25) is 5.02 Å². The van der Waals surface area contributed by atoms with E-state index >= 15 is 0 Å². The number of carbonyl (C=O) groups excluding carboxylic acids is 2. The van der Waals surface area contributed by atoms with Crippen LogP contribution in [0.15, 0.2) is 36.4 Å². The Bertz CT molecular complexity index is 1090. The summed E-state index contributed by atoms with van der Waals surface area (Å²) in [6, 6.07) is 8.70. The molecule has 0 aliphatic rings. The van der Waals surface area contributed by atoms with Crippen LogP contribution in [-0.4, -0.2) is 27.7 Å². The van der Waals surface area contributed by atoms with Crippen molar-refractivity contribution in [2.45, 2.75) is 33.3 Å². The van der Waals surface area contributed by atoms with Crippen LogP contribution in [0.1, 0.15) is 35.5 Å². The van der Waals surface area contributed by atoms with Gasteiger partial charge in [0.25, 0.3) is 5.91 Å². The average molecular weight is 404 g/mol. The van der Waals surface area contributed by atoms with Crippen molar-refractivity contribution in [3.05, 3.63) is 64.1 Å². The van der Waals surface area contributed by atoms with Gasteiger partial charge in [0.2, 0.25) is 0 Å². The first-order valence-corrected chi connectivity index (χ1v) is 9.09. The SMILES string of the molecule is Cc1c(CC(=O)OC(C)C)c2cc(O)c(F)cc2n1C(=O)c1cccc(Cl)c1. The number of nitrogens with zero attached hydrogens (tertiary/aromatic N) is 1. The van der Waals surface area contributed by atoms with Gasteiger partial charge in [-0.15, -0.1) is 0 Å². The summed E-state index contributed by atoms with van der Waals surface area (Å²) in [5.41, 5.74) is 1.53. The summed E-state index contributed by atoms with van der Waals surface area (Å²) in [5, 5.41) is 10.6. The molecule has 146 valence electrons. The molecular weight excluding hydrogens is 385 g/mol. The summed E-state index contributed by atoms with van der Waals surface area (Å²) in [6.07, 6.45) is -0.401. The highest BCUT2D eigenvalue weighted by molar-refractivity contribution is 6.31. The molecule has 0 aliphatic carbocycles. The van der Waals surface area contributed by atoms with Crippen LogP contribution >= 0.6 is 11.6 Å². The van der Waals surface area contributed by atoms with E-state index in [-0.39, 0.29) is 18.0 Å². The highest BCUT2D eigenvalue weighted by Crippen LogP contribution is 2.32. The van der Waals surface area contributed by atoms with E-state index in [0.29, 0.717) is 27.2 Å². The Labute approximate surface area is 166 Å². The van der Waals surface area contributed by atoms with E-state index in [1.807, 2.05) is 0 Å². The van der Waals surface area contributed by atoms with Crippen LogP contribution in [0, 0.1) is 12.7 Å². The van der Waals surface area contributed by atoms with Crippen LogP contribution in [-0.2, 0) is 16.0 Å². The molecular formula is C21H19ClFNO4. The van der Waals surface area contributed by atoms with E-state index in [9.17, 15) is 19.1 Å². The van der Waals surface area contributed by atoms with Crippen molar-refractivity contribution >= 4 is 34.4 Å². The number of aromatic hydroxyl groups is 1. The van der Waals surface area contributed by atoms with Crippen molar-refractivity contribution in [3.63, 3.8) is 0 Å². The minimum absolute atomic E-state index is 0.110. The van der Waals surface area contributed by atoms with E-state index in [2.05, 4.69) is 0 Å². The number of phenolic OH excluding ortho intramolecular Hbond substituents is 1. The highest BCUT2D eigenvalue weighted by atomic mass is 35.5. The lowest BCUT2D eigenvalue weighted by Crippen LogP contribution is -2.16. The van der Waals surface area contributed by atoms with Crippen molar-refractivity contribution in [3.8, 4) is 5.75 Å². The second kappa shape index (κ2) is 7.64. The predicted octanol–water partition coefficient (Wildman–Crippen LogP) is 4.63. The Balaban J connectivity index is 2.19. The molecule has 0 unspecified atom stereocenters. The molecule has 2 aromatic carbocycles.